The molecule has 1 atom stereocenters. The van der Waals surface area contributed by atoms with Gasteiger partial charge < -0.3 is 24.5 Å². The van der Waals surface area contributed by atoms with Gasteiger partial charge in [-0.15, -0.1) is 0 Å². The van der Waals surface area contributed by atoms with Crippen molar-refractivity contribution in [3.05, 3.63) is 76.4 Å². The Morgan fingerprint density at radius 3 is 2.55 bits per heavy atom. The van der Waals surface area contributed by atoms with E-state index in [1.165, 1.54) is 0 Å². The second-order valence-electron chi connectivity index (χ2n) is 9.80. The number of ether oxygens (including phenoxy) is 1. The van der Waals surface area contributed by atoms with Crippen molar-refractivity contribution in [2.45, 2.75) is 37.8 Å². The fourth-order valence-corrected chi connectivity index (χ4v) is 5.67. The molecular weight excluding hydrogens is 506 g/mol. The van der Waals surface area contributed by atoms with Crippen LogP contribution >= 0.6 is 11.6 Å². The number of nitrogens with zero attached hydrogens (tertiary/aromatic N) is 5. The molecule has 0 saturated carbocycles. The minimum absolute atomic E-state index is 0.0230. The first-order valence-corrected chi connectivity index (χ1v) is 13.1. The smallest absolute Gasteiger partial charge is 0.449 e. The molecule has 1 fully saturated rings. The van der Waals surface area contributed by atoms with Crippen molar-refractivity contribution in [2.24, 2.45) is 0 Å². The predicted octanol–water partition coefficient (Wildman–Crippen LogP) is 5.05. The number of carboxylic acid groups (broad SMARTS) is 1. The van der Waals surface area contributed by atoms with Crippen LogP contribution in [0.2, 0.25) is 5.02 Å². The van der Waals surface area contributed by atoms with E-state index in [9.17, 15) is 9.59 Å². The second kappa shape index (κ2) is 10.9. The minimum atomic E-state index is -1.36. The number of carbonyl (C=O) groups is 2. The maximum atomic E-state index is 14.1. The number of fused-ring (bicyclic) bond motifs is 1. The van der Waals surface area contributed by atoms with Gasteiger partial charge in [-0.3, -0.25) is 4.79 Å². The van der Waals surface area contributed by atoms with Gasteiger partial charge in [-0.05, 0) is 67.1 Å². The average Bonchev–Trinajstić information content (AvgIpc) is 3.32. The minimum Gasteiger partial charge on any atom is -0.449 e. The summed E-state index contributed by atoms with van der Waals surface area (Å²) in [5, 5.41) is 9.53. The van der Waals surface area contributed by atoms with Crippen molar-refractivity contribution in [2.75, 3.05) is 37.0 Å². The summed E-state index contributed by atoms with van der Waals surface area (Å²) in [5.74, 6) is 1.66. The molecular formula is C28H30ClN5O4. The molecule has 1 aliphatic heterocycles. The molecule has 2 aromatic carbocycles. The number of halogens is 1. The summed E-state index contributed by atoms with van der Waals surface area (Å²) < 4.78 is 4.94. The van der Waals surface area contributed by atoms with E-state index in [0.29, 0.717) is 16.5 Å². The van der Waals surface area contributed by atoms with Gasteiger partial charge in [0.05, 0.1) is 16.6 Å². The van der Waals surface area contributed by atoms with E-state index < -0.39 is 6.16 Å². The van der Waals surface area contributed by atoms with Gasteiger partial charge in [0.15, 0.2) is 0 Å². The molecule has 2 aliphatic rings. The molecule has 0 unspecified atom stereocenters. The number of amides is 1. The van der Waals surface area contributed by atoms with E-state index in [1.807, 2.05) is 48.2 Å². The molecule has 1 amide bonds. The largest absolute Gasteiger partial charge is 0.511 e. The van der Waals surface area contributed by atoms with E-state index in [4.69, 9.17) is 21.4 Å². The Morgan fingerprint density at radius 1 is 1.08 bits per heavy atom. The van der Waals surface area contributed by atoms with Crippen LogP contribution in [0.5, 0.6) is 5.75 Å². The van der Waals surface area contributed by atoms with Gasteiger partial charge in [0.2, 0.25) is 5.95 Å². The fraction of sp³-hybridized carbons (Fsp3) is 0.357. The highest BCUT2D eigenvalue weighted by Crippen LogP contribution is 2.41. The Kier molecular flexibility index (Phi) is 7.37. The van der Waals surface area contributed by atoms with Crippen LogP contribution in [-0.2, 0) is 6.42 Å². The number of rotatable bonds is 6. The molecule has 198 valence electrons. The molecule has 38 heavy (non-hydrogen) atoms. The van der Waals surface area contributed by atoms with Crippen molar-refractivity contribution in [1.82, 2.24) is 14.9 Å². The fourth-order valence-electron chi connectivity index (χ4n) is 5.45. The van der Waals surface area contributed by atoms with Crippen LogP contribution in [0.1, 0.15) is 46.8 Å². The van der Waals surface area contributed by atoms with E-state index in [0.717, 1.165) is 55.7 Å². The number of carbonyl (C=O) groups excluding carboxylic acids is 1. The van der Waals surface area contributed by atoms with Gasteiger partial charge in [-0.2, -0.15) is 4.98 Å². The number of hydrogen-bond donors (Lipinski definition) is 1. The van der Waals surface area contributed by atoms with E-state index in [1.54, 1.807) is 30.5 Å². The molecule has 1 N–H and O–H groups in total. The first kappa shape index (κ1) is 25.8. The lowest BCUT2D eigenvalue weighted by Gasteiger charge is -2.42. The Balaban J connectivity index is 1.44. The molecule has 2 heterocycles. The topological polar surface area (TPSA) is 99.1 Å². The lowest BCUT2D eigenvalue weighted by atomic mass is 9.96. The van der Waals surface area contributed by atoms with Crippen LogP contribution < -0.4 is 14.5 Å². The lowest BCUT2D eigenvalue weighted by Crippen LogP contribution is -2.49. The summed E-state index contributed by atoms with van der Waals surface area (Å²) in [6.45, 7) is 1.48. The van der Waals surface area contributed by atoms with Crippen LogP contribution in [-0.4, -0.2) is 65.3 Å². The third kappa shape index (κ3) is 5.24. The Labute approximate surface area is 226 Å². The zero-order valence-corrected chi connectivity index (χ0v) is 22.1. The molecule has 0 bridgehead atoms. The van der Waals surface area contributed by atoms with Gasteiger partial charge in [0.25, 0.3) is 5.91 Å². The third-order valence-corrected chi connectivity index (χ3v) is 7.58. The van der Waals surface area contributed by atoms with Gasteiger partial charge >= 0.3 is 6.16 Å². The first-order chi connectivity index (χ1) is 18.3. The number of aromatic nitrogens is 2. The van der Waals surface area contributed by atoms with Crippen LogP contribution in [0.3, 0.4) is 0 Å². The predicted molar refractivity (Wildman–Crippen MR) is 145 cm³/mol. The Hall–Kier alpha value is -3.85. The van der Waals surface area contributed by atoms with Crippen LogP contribution in [0, 0.1) is 0 Å². The summed E-state index contributed by atoms with van der Waals surface area (Å²) in [7, 11) is 3.83. The van der Waals surface area contributed by atoms with Crippen LogP contribution in [0.4, 0.5) is 16.6 Å². The number of piperidine rings is 1. The summed E-state index contributed by atoms with van der Waals surface area (Å²) in [4.78, 5) is 40.3. The van der Waals surface area contributed by atoms with Crippen LogP contribution in [0.25, 0.3) is 0 Å². The van der Waals surface area contributed by atoms with Crippen molar-refractivity contribution >= 4 is 35.4 Å². The molecule has 3 aromatic rings. The average molecular weight is 536 g/mol. The lowest BCUT2D eigenvalue weighted by molar-refractivity contribution is 0.0528. The highest BCUT2D eigenvalue weighted by atomic mass is 35.5. The second-order valence-corrected chi connectivity index (χ2v) is 10.2. The Morgan fingerprint density at radius 2 is 1.84 bits per heavy atom. The third-order valence-electron chi connectivity index (χ3n) is 7.25. The summed E-state index contributed by atoms with van der Waals surface area (Å²) in [6, 6.07) is 14.1. The first-order valence-electron chi connectivity index (χ1n) is 12.7. The number of aryl methyl sites for hydroxylation is 1. The van der Waals surface area contributed by atoms with Crippen molar-refractivity contribution in [3.8, 4) is 5.75 Å². The van der Waals surface area contributed by atoms with Gasteiger partial charge in [0, 0.05) is 39.4 Å². The Bertz CT molecular complexity index is 1340. The van der Waals surface area contributed by atoms with Crippen LogP contribution in [0.15, 0.2) is 54.7 Å². The highest BCUT2D eigenvalue weighted by molar-refractivity contribution is 6.33. The monoisotopic (exact) mass is 535 g/mol. The normalized spacial score (nSPS) is 17.1. The standard InChI is InChI=1S/C28H30ClN5O4/c1-32(2)27-30-14-11-25(31-27)33-15-12-19(13-16-33)34(26(35)21-5-3-4-6-23(21)29)24-10-8-18-7-9-20(17-22(18)24)38-28(36)37/h3-7,9,11,14,17,19,24H,8,10,12-13,15-16H2,1-2H3,(H,36,37)/t24-/m1/s1. The maximum absolute atomic E-state index is 14.1. The quantitative estimate of drug-likeness (QED) is 0.346. The molecule has 1 aromatic heterocycles. The van der Waals surface area contributed by atoms with Gasteiger partial charge in [-0.25, -0.2) is 9.78 Å². The molecule has 9 nitrogen and oxygen atoms in total. The number of benzene rings is 2. The van der Waals surface area contributed by atoms with Crippen molar-refractivity contribution < 1.29 is 19.4 Å². The highest BCUT2D eigenvalue weighted by Gasteiger charge is 2.38. The zero-order valence-electron chi connectivity index (χ0n) is 21.4. The van der Waals surface area contributed by atoms with E-state index >= 15 is 0 Å². The van der Waals surface area contributed by atoms with Crippen molar-refractivity contribution in [3.63, 3.8) is 0 Å². The molecule has 0 spiro atoms. The van der Waals surface area contributed by atoms with Gasteiger partial charge in [0.1, 0.15) is 11.6 Å². The SMILES string of the molecule is CN(C)c1nccc(N2CCC(N(C(=O)c3ccccc3Cl)[C@@H]3CCc4ccc(OC(=O)O)cc43)CC2)n1. The summed E-state index contributed by atoms with van der Waals surface area (Å²) in [6.07, 6.45) is 3.47. The summed E-state index contributed by atoms with van der Waals surface area (Å²) in [5.41, 5.74) is 2.49. The molecule has 5 rings (SSSR count). The molecule has 10 heteroatoms. The van der Waals surface area contributed by atoms with E-state index in [2.05, 4.69) is 14.9 Å². The van der Waals surface area contributed by atoms with Gasteiger partial charge in [-0.1, -0.05) is 29.8 Å². The number of anilines is 2. The zero-order chi connectivity index (χ0) is 26.8. The summed E-state index contributed by atoms with van der Waals surface area (Å²) >= 11 is 6.48. The van der Waals surface area contributed by atoms with Crippen molar-refractivity contribution in [1.29, 1.82) is 0 Å². The molecule has 1 aliphatic carbocycles. The molecule has 1 saturated heterocycles. The molecule has 0 radical (unpaired) electrons. The number of hydrogen-bond acceptors (Lipinski definition) is 7. The maximum Gasteiger partial charge on any atom is 0.511 e. The van der Waals surface area contributed by atoms with E-state index in [-0.39, 0.29) is 23.7 Å².